The lowest BCUT2D eigenvalue weighted by Gasteiger charge is -2.28. The Bertz CT molecular complexity index is 873. The minimum absolute atomic E-state index is 0.0264. The summed E-state index contributed by atoms with van der Waals surface area (Å²) >= 11 is 0. The fraction of sp³-hybridized carbons (Fsp3) is 0.348. The molecule has 0 bridgehead atoms. The van der Waals surface area contributed by atoms with Gasteiger partial charge in [-0.3, -0.25) is 4.84 Å². The molecule has 2 aromatic carbocycles. The van der Waals surface area contributed by atoms with Gasteiger partial charge in [0.1, 0.15) is 18.5 Å². The molecule has 1 aliphatic carbocycles. The van der Waals surface area contributed by atoms with Crippen LogP contribution in [0, 0.1) is 5.92 Å². The maximum absolute atomic E-state index is 5.92. The fourth-order valence-electron chi connectivity index (χ4n) is 4.00. The predicted octanol–water partition coefficient (Wildman–Crippen LogP) is 5.33. The smallest absolute Gasteiger partial charge is 0.130 e. The van der Waals surface area contributed by atoms with E-state index in [1.54, 1.807) is 0 Å². The van der Waals surface area contributed by atoms with Crippen molar-refractivity contribution in [3.8, 4) is 5.75 Å². The van der Waals surface area contributed by atoms with Gasteiger partial charge in [-0.1, -0.05) is 55.7 Å². The summed E-state index contributed by atoms with van der Waals surface area (Å²) in [6.45, 7) is 0.448. The van der Waals surface area contributed by atoms with Gasteiger partial charge in [0, 0.05) is 5.39 Å². The maximum atomic E-state index is 5.92. The Balaban J connectivity index is 1.40. The van der Waals surface area contributed by atoms with Crippen LogP contribution in [0.15, 0.2) is 60.7 Å². The van der Waals surface area contributed by atoms with E-state index in [1.807, 2.05) is 36.4 Å². The summed E-state index contributed by atoms with van der Waals surface area (Å²) in [6.07, 6.45) is 6.21. The molecule has 4 rings (SSSR count). The minimum Gasteiger partial charge on any atom is -0.487 e. The molecule has 1 heterocycles. The number of pyridine rings is 1. The van der Waals surface area contributed by atoms with Crippen molar-refractivity contribution in [1.82, 2.24) is 4.98 Å². The Morgan fingerprint density at radius 3 is 2.48 bits per heavy atom. The summed E-state index contributed by atoms with van der Waals surface area (Å²) in [4.78, 5) is 9.98. The molecule has 1 aromatic heterocycles. The monoisotopic (exact) mass is 362 g/mol. The number of nitrogens with two attached hydrogens (primary N) is 1. The van der Waals surface area contributed by atoms with E-state index in [2.05, 4.69) is 29.2 Å². The molecule has 4 heteroatoms. The van der Waals surface area contributed by atoms with Crippen molar-refractivity contribution in [2.24, 2.45) is 11.8 Å². The summed E-state index contributed by atoms with van der Waals surface area (Å²) in [5.41, 5.74) is 3.04. The van der Waals surface area contributed by atoms with Crippen LogP contribution in [-0.2, 0) is 11.4 Å². The SMILES string of the molecule is NO[C@@H](c1ccc(OCc2ccc3ccccc3n2)cc1)C1CCCCC1. The van der Waals surface area contributed by atoms with Gasteiger partial charge < -0.3 is 4.74 Å². The number of aromatic nitrogens is 1. The maximum Gasteiger partial charge on any atom is 0.130 e. The number of hydrogen-bond donors (Lipinski definition) is 1. The Morgan fingerprint density at radius 2 is 1.70 bits per heavy atom. The molecule has 1 fully saturated rings. The van der Waals surface area contributed by atoms with Crippen LogP contribution in [0.4, 0.5) is 0 Å². The average Bonchev–Trinajstić information content (AvgIpc) is 2.74. The highest BCUT2D eigenvalue weighted by Crippen LogP contribution is 2.36. The highest BCUT2D eigenvalue weighted by atomic mass is 16.6. The quantitative estimate of drug-likeness (QED) is 0.603. The van der Waals surface area contributed by atoms with E-state index in [4.69, 9.17) is 15.5 Å². The lowest BCUT2D eigenvalue weighted by Crippen LogP contribution is -2.21. The number of benzene rings is 2. The summed E-state index contributed by atoms with van der Waals surface area (Å²) in [7, 11) is 0. The van der Waals surface area contributed by atoms with E-state index < -0.39 is 0 Å². The number of ether oxygens (including phenoxy) is 1. The first-order chi connectivity index (χ1) is 13.3. The predicted molar refractivity (Wildman–Crippen MR) is 107 cm³/mol. The Morgan fingerprint density at radius 1 is 0.926 bits per heavy atom. The zero-order valence-corrected chi connectivity index (χ0v) is 15.5. The molecule has 0 saturated heterocycles. The lowest BCUT2D eigenvalue weighted by molar-refractivity contribution is -0.00278. The largest absolute Gasteiger partial charge is 0.487 e. The van der Waals surface area contributed by atoms with Crippen molar-refractivity contribution in [3.63, 3.8) is 0 Å². The van der Waals surface area contributed by atoms with Crippen LogP contribution in [0.1, 0.15) is 49.5 Å². The molecule has 3 aromatic rings. The Labute approximate surface area is 160 Å². The first-order valence-electron chi connectivity index (χ1n) is 9.76. The number of nitrogens with zero attached hydrogens (tertiary/aromatic N) is 1. The number of para-hydroxylation sites is 1. The zero-order valence-electron chi connectivity index (χ0n) is 15.5. The second-order valence-electron chi connectivity index (χ2n) is 7.31. The summed E-state index contributed by atoms with van der Waals surface area (Å²) in [5.74, 6) is 6.95. The van der Waals surface area contributed by atoms with E-state index in [0.29, 0.717) is 12.5 Å². The van der Waals surface area contributed by atoms with Crippen molar-refractivity contribution in [2.75, 3.05) is 0 Å². The first-order valence-corrected chi connectivity index (χ1v) is 9.76. The third-order valence-electron chi connectivity index (χ3n) is 5.48. The van der Waals surface area contributed by atoms with Crippen molar-refractivity contribution in [2.45, 2.75) is 44.8 Å². The van der Waals surface area contributed by atoms with Crippen LogP contribution in [0.25, 0.3) is 10.9 Å². The third-order valence-corrected chi connectivity index (χ3v) is 5.48. The van der Waals surface area contributed by atoms with Gasteiger partial charge in [0.25, 0.3) is 0 Å². The van der Waals surface area contributed by atoms with Crippen molar-refractivity contribution >= 4 is 10.9 Å². The van der Waals surface area contributed by atoms with Crippen LogP contribution in [-0.4, -0.2) is 4.98 Å². The van der Waals surface area contributed by atoms with Crippen LogP contribution in [0.2, 0.25) is 0 Å². The fourth-order valence-corrected chi connectivity index (χ4v) is 4.00. The number of rotatable bonds is 6. The molecule has 0 radical (unpaired) electrons. The average molecular weight is 362 g/mol. The second kappa shape index (κ2) is 8.51. The van der Waals surface area contributed by atoms with E-state index in [9.17, 15) is 0 Å². The molecule has 1 saturated carbocycles. The molecule has 2 N–H and O–H groups in total. The molecule has 27 heavy (non-hydrogen) atoms. The highest BCUT2D eigenvalue weighted by molar-refractivity contribution is 5.78. The highest BCUT2D eigenvalue weighted by Gasteiger charge is 2.25. The second-order valence-corrected chi connectivity index (χ2v) is 7.31. The molecule has 0 aliphatic heterocycles. The van der Waals surface area contributed by atoms with Crippen molar-refractivity contribution in [3.05, 3.63) is 71.9 Å². The van der Waals surface area contributed by atoms with E-state index in [1.165, 1.54) is 32.1 Å². The molecule has 0 spiro atoms. The topological polar surface area (TPSA) is 57.4 Å². The molecule has 4 nitrogen and oxygen atoms in total. The van der Waals surface area contributed by atoms with Gasteiger partial charge in [-0.05, 0) is 48.6 Å². The van der Waals surface area contributed by atoms with Crippen LogP contribution < -0.4 is 10.6 Å². The molecular weight excluding hydrogens is 336 g/mol. The van der Waals surface area contributed by atoms with Crippen LogP contribution in [0.5, 0.6) is 5.75 Å². The lowest BCUT2D eigenvalue weighted by atomic mass is 9.83. The van der Waals surface area contributed by atoms with Gasteiger partial charge in [0.15, 0.2) is 0 Å². The van der Waals surface area contributed by atoms with Gasteiger partial charge in [0.2, 0.25) is 0 Å². The Kier molecular flexibility index (Phi) is 5.66. The summed E-state index contributed by atoms with van der Waals surface area (Å²) in [6, 6.07) is 20.3. The normalized spacial score (nSPS) is 16.3. The standard InChI is InChI=1S/C23H26N2O2/c24-27-23(18-7-2-1-3-8-18)19-11-14-21(15-12-19)26-16-20-13-10-17-6-4-5-9-22(17)25-20/h4-6,9-15,18,23H,1-3,7-8,16,24H2/t23-/m1/s1. The van der Waals surface area contributed by atoms with Crippen molar-refractivity contribution in [1.29, 1.82) is 0 Å². The van der Waals surface area contributed by atoms with Crippen LogP contribution in [0.3, 0.4) is 0 Å². The molecule has 0 amide bonds. The van der Waals surface area contributed by atoms with Gasteiger partial charge in [0.05, 0.1) is 11.2 Å². The van der Waals surface area contributed by atoms with Gasteiger partial charge in [-0.2, -0.15) is 0 Å². The van der Waals surface area contributed by atoms with Crippen molar-refractivity contribution < 1.29 is 9.57 Å². The minimum atomic E-state index is -0.0264. The molecule has 0 unspecified atom stereocenters. The third kappa shape index (κ3) is 4.29. The Hall–Kier alpha value is -2.43. The van der Waals surface area contributed by atoms with Gasteiger partial charge in [-0.25, -0.2) is 10.9 Å². The number of hydrogen-bond acceptors (Lipinski definition) is 4. The number of fused-ring (bicyclic) bond motifs is 1. The molecule has 1 aliphatic rings. The summed E-state index contributed by atoms with van der Waals surface area (Å²) < 4.78 is 5.92. The van der Waals surface area contributed by atoms with E-state index >= 15 is 0 Å². The summed E-state index contributed by atoms with van der Waals surface area (Å²) in [5, 5.41) is 1.14. The van der Waals surface area contributed by atoms with Crippen LogP contribution >= 0.6 is 0 Å². The zero-order chi connectivity index (χ0) is 18.5. The first kappa shape index (κ1) is 18.0. The van der Waals surface area contributed by atoms with Gasteiger partial charge >= 0.3 is 0 Å². The molecule has 1 atom stereocenters. The van der Waals surface area contributed by atoms with E-state index in [0.717, 1.165) is 27.9 Å². The molecular formula is C23H26N2O2. The molecule has 140 valence electrons. The van der Waals surface area contributed by atoms with Gasteiger partial charge in [-0.15, -0.1) is 0 Å². The van der Waals surface area contributed by atoms with E-state index in [-0.39, 0.29) is 6.10 Å².